The Hall–Kier alpha value is -3.07. The van der Waals surface area contributed by atoms with Crippen molar-refractivity contribution in [2.75, 3.05) is 31.0 Å². The number of carbonyl (C=O) groups excluding carboxylic acids is 2. The van der Waals surface area contributed by atoms with Crippen molar-refractivity contribution in [3.63, 3.8) is 0 Å². The number of sulfonamides is 1. The molecule has 0 bridgehead atoms. The van der Waals surface area contributed by atoms with Crippen molar-refractivity contribution in [2.24, 2.45) is 11.7 Å². The molecule has 1 heterocycles. The third kappa shape index (κ3) is 4.99. The highest BCUT2D eigenvalue weighted by Crippen LogP contribution is 2.28. The van der Waals surface area contributed by atoms with Gasteiger partial charge in [0.2, 0.25) is 11.8 Å². The SMILES string of the molecule is COc1ccc(S(=O)(=O)N(CC(=O)N2CCC(C(N)=O)CC2)c2ccccc2)cc1C. The Labute approximate surface area is 182 Å². The Balaban J connectivity index is 1.88. The molecule has 0 atom stereocenters. The number of piperidine rings is 1. The van der Waals surface area contributed by atoms with Gasteiger partial charge in [0, 0.05) is 19.0 Å². The van der Waals surface area contributed by atoms with Crippen LogP contribution in [-0.2, 0) is 19.6 Å². The molecule has 8 nitrogen and oxygen atoms in total. The van der Waals surface area contributed by atoms with Crippen LogP contribution in [0.5, 0.6) is 5.75 Å². The topological polar surface area (TPSA) is 110 Å². The van der Waals surface area contributed by atoms with Crippen molar-refractivity contribution in [1.82, 2.24) is 4.90 Å². The van der Waals surface area contributed by atoms with E-state index in [1.807, 2.05) is 0 Å². The molecular weight excluding hydrogens is 418 g/mol. The van der Waals surface area contributed by atoms with E-state index in [1.165, 1.54) is 19.2 Å². The molecule has 1 saturated heterocycles. The first kappa shape index (κ1) is 22.6. The van der Waals surface area contributed by atoms with Gasteiger partial charge < -0.3 is 15.4 Å². The van der Waals surface area contributed by atoms with E-state index in [0.717, 1.165) is 4.31 Å². The largest absolute Gasteiger partial charge is 0.496 e. The maximum atomic E-state index is 13.5. The van der Waals surface area contributed by atoms with Gasteiger partial charge in [0.05, 0.1) is 17.7 Å². The minimum Gasteiger partial charge on any atom is -0.496 e. The summed E-state index contributed by atoms with van der Waals surface area (Å²) in [5, 5.41) is 0. The standard InChI is InChI=1S/C22H27N3O5S/c1-16-14-19(8-9-20(16)30-2)31(28,29)25(18-6-4-3-5-7-18)15-21(26)24-12-10-17(11-13-24)22(23)27/h3-9,14,17H,10-13,15H2,1-2H3,(H2,23,27). The monoisotopic (exact) mass is 445 g/mol. The summed E-state index contributed by atoms with van der Waals surface area (Å²) in [6.07, 6.45) is 0.966. The number of carbonyl (C=O) groups is 2. The zero-order valence-electron chi connectivity index (χ0n) is 17.7. The maximum absolute atomic E-state index is 13.5. The van der Waals surface area contributed by atoms with Crippen molar-refractivity contribution >= 4 is 27.5 Å². The second-order valence-electron chi connectivity index (χ2n) is 7.54. The summed E-state index contributed by atoms with van der Waals surface area (Å²) in [6, 6.07) is 13.1. The molecule has 2 N–H and O–H groups in total. The molecule has 1 aliphatic rings. The number of primary amides is 1. The van der Waals surface area contributed by atoms with Gasteiger partial charge in [-0.3, -0.25) is 13.9 Å². The predicted molar refractivity (Wildman–Crippen MR) is 117 cm³/mol. The van der Waals surface area contributed by atoms with Crippen molar-refractivity contribution in [1.29, 1.82) is 0 Å². The molecule has 166 valence electrons. The van der Waals surface area contributed by atoms with Gasteiger partial charge in [-0.05, 0) is 55.7 Å². The molecule has 0 aliphatic carbocycles. The first-order chi connectivity index (χ1) is 14.7. The van der Waals surface area contributed by atoms with Crippen LogP contribution in [0.15, 0.2) is 53.4 Å². The van der Waals surface area contributed by atoms with Gasteiger partial charge in [-0.25, -0.2) is 8.42 Å². The number of amides is 2. The molecule has 9 heteroatoms. The third-order valence-corrected chi connectivity index (χ3v) is 7.30. The van der Waals surface area contributed by atoms with E-state index in [9.17, 15) is 18.0 Å². The van der Waals surface area contributed by atoms with Crippen LogP contribution in [0.2, 0.25) is 0 Å². The summed E-state index contributed by atoms with van der Waals surface area (Å²) in [5.74, 6) is -0.352. The Morgan fingerprint density at radius 1 is 1.13 bits per heavy atom. The zero-order chi connectivity index (χ0) is 22.6. The van der Waals surface area contributed by atoms with Crippen LogP contribution >= 0.6 is 0 Å². The molecule has 31 heavy (non-hydrogen) atoms. The highest BCUT2D eigenvalue weighted by atomic mass is 32.2. The second-order valence-corrected chi connectivity index (χ2v) is 9.40. The molecule has 2 aromatic carbocycles. The maximum Gasteiger partial charge on any atom is 0.264 e. The number of rotatable bonds is 7. The van der Waals surface area contributed by atoms with Crippen LogP contribution in [0.3, 0.4) is 0 Å². The summed E-state index contributed by atoms with van der Waals surface area (Å²) in [7, 11) is -2.48. The van der Waals surface area contributed by atoms with Crippen molar-refractivity contribution in [3.05, 3.63) is 54.1 Å². The summed E-state index contributed by atoms with van der Waals surface area (Å²) >= 11 is 0. The molecule has 1 fully saturated rings. The number of hydrogen-bond acceptors (Lipinski definition) is 5. The molecule has 0 unspecified atom stereocenters. The fraction of sp³-hybridized carbons (Fsp3) is 0.364. The molecule has 0 saturated carbocycles. The van der Waals surface area contributed by atoms with Crippen LogP contribution in [0.1, 0.15) is 18.4 Å². The molecule has 1 aliphatic heterocycles. The normalized spacial score (nSPS) is 14.8. The predicted octanol–water partition coefficient (Wildman–Crippen LogP) is 1.92. The number of hydrogen-bond donors (Lipinski definition) is 1. The Morgan fingerprint density at radius 2 is 1.77 bits per heavy atom. The highest BCUT2D eigenvalue weighted by molar-refractivity contribution is 7.92. The molecule has 0 spiro atoms. The number of aryl methyl sites for hydroxylation is 1. The molecule has 0 aromatic heterocycles. The smallest absolute Gasteiger partial charge is 0.264 e. The van der Waals surface area contributed by atoms with Gasteiger partial charge >= 0.3 is 0 Å². The van der Waals surface area contributed by atoms with Crippen LogP contribution in [-0.4, -0.2) is 51.9 Å². The van der Waals surface area contributed by atoms with Gasteiger partial charge in [0.1, 0.15) is 12.3 Å². The zero-order valence-corrected chi connectivity index (χ0v) is 18.5. The quantitative estimate of drug-likeness (QED) is 0.700. The third-order valence-electron chi connectivity index (χ3n) is 5.53. The van der Waals surface area contributed by atoms with E-state index in [0.29, 0.717) is 42.9 Å². The van der Waals surface area contributed by atoms with E-state index in [2.05, 4.69) is 0 Å². The molecule has 2 aromatic rings. The van der Waals surface area contributed by atoms with Crippen LogP contribution in [0.25, 0.3) is 0 Å². The number of ether oxygens (including phenoxy) is 1. The fourth-order valence-electron chi connectivity index (χ4n) is 3.68. The van der Waals surface area contributed by atoms with E-state index >= 15 is 0 Å². The summed E-state index contributed by atoms with van der Waals surface area (Å²) < 4.78 is 33.3. The Kier molecular flexibility index (Phi) is 6.84. The highest BCUT2D eigenvalue weighted by Gasteiger charge is 2.31. The van der Waals surface area contributed by atoms with Gasteiger partial charge in [-0.1, -0.05) is 18.2 Å². The number of methoxy groups -OCH3 is 1. The molecule has 3 rings (SSSR count). The van der Waals surface area contributed by atoms with Gasteiger partial charge in [-0.15, -0.1) is 0 Å². The van der Waals surface area contributed by atoms with Gasteiger partial charge in [0.25, 0.3) is 10.0 Å². The number of benzene rings is 2. The molecule has 2 amide bonds. The summed E-state index contributed by atoms with van der Waals surface area (Å²) in [4.78, 5) is 26.0. The number of nitrogens with zero attached hydrogens (tertiary/aromatic N) is 2. The van der Waals surface area contributed by atoms with Gasteiger partial charge in [-0.2, -0.15) is 0 Å². The summed E-state index contributed by atoms with van der Waals surface area (Å²) in [5.41, 5.74) is 6.44. The van der Waals surface area contributed by atoms with E-state index in [1.54, 1.807) is 48.2 Å². The molecule has 0 radical (unpaired) electrons. The lowest BCUT2D eigenvalue weighted by Gasteiger charge is -2.33. The average molecular weight is 446 g/mol. The number of para-hydroxylation sites is 1. The lowest BCUT2D eigenvalue weighted by Crippen LogP contribution is -2.47. The minimum absolute atomic E-state index is 0.0786. The summed E-state index contributed by atoms with van der Waals surface area (Å²) in [6.45, 7) is 2.17. The van der Waals surface area contributed by atoms with Crippen molar-refractivity contribution in [2.45, 2.75) is 24.7 Å². The first-order valence-electron chi connectivity index (χ1n) is 10.0. The fourth-order valence-corrected chi connectivity index (χ4v) is 5.18. The second kappa shape index (κ2) is 9.38. The Morgan fingerprint density at radius 3 is 2.32 bits per heavy atom. The van der Waals surface area contributed by atoms with E-state index in [4.69, 9.17) is 10.5 Å². The number of anilines is 1. The van der Waals surface area contributed by atoms with Crippen molar-refractivity contribution < 1.29 is 22.7 Å². The average Bonchev–Trinajstić information content (AvgIpc) is 2.77. The van der Waals surface area contributed by atoms with E-state index < -0.39 is 10.0 Å². The first-order valence-corrected chi connectivity index (χ1v) is 11.5. The molecular formula is C22H27N3O5S. The Bertz CT molecular complexity index is 1050. The minimum atomic E-state index is -4.00. The lowest BCUT2D eigenvalue weighted by molar-refractivity contribution is -0.133. The number of likely N-dealkylation sites (tertiary alicyclic amines) is 1. The van der Waals surface area contributed by atoms with E-state index in [-0.39, 0.29) is 29.2 Å². The van der Waals surface area contributed by atoms with Crippen LogP contribution in [0, 0.1) is 12.8 Å². The van der Waals surface area contributed by atoms with Crippen molar-refractivity contribution in [3.8, 4) is 5.75 Å². The number of nitrogens with two attached hydrogens (primary N) is 1. The van der Waals surface area contributed by atoms with Gasteiger partial charge in [0.15, 0.2) is 0 Å². The van der Waals surface area contributed by atoms with Crippen LogP contribution < -0.4 is 14.8 Å². The lowest BCUT2D eigenvalue weighted by atomic mass is 9.96. The van der Waals surface area contributed by atoms with Crippen LogP contribution in [0.4, 0.5) is 5.69 Å².